The third-order valence-corrected chi connectivity index (χ3v) is 3.28. The van der Waals surface area contributed by atoms with Gasteiger partial charge in [-0.2, -0.15) is 0 Å². The molecule has 0 radical (unpaired) electrons. The summed E-state index contributed by atoms with van der Waals surface area (Å²) in [4.78, 5) is 0. The molecule has 0 amide bonds. The normalized spacial score (nSPS) is 14.5. The van der Waals surface area contributed by atoms with Crippen LogP contribution < -0.4 is 5.32 Å². The second-order valence-corrected chi connectivity index (χ2v) is 4.67. The van der Waals surface area contributed by atoms with E-state index in [0.29, 0.717) is 18.1 Å². The summed E-state index contributed by atoms with van der Waals surface area (Å²) in [5.41, 5.74) is 0.814. The van der Waals surface area contributed by atoms with Gasteiger partial charge in [-0.1, -0.05) is 18.5 Å². The minimum absolute atomic E-state index is 0.0642. The predicted octanol–water partition coefficient (Wildman–Crippen LogP) is 3.42. The summed E-state index contributed by atoms with van der Waals surface area (Å²) >= 11 is 6.09. The summed E-state index contributed by atoms with van der Waals surface area (Å²) in [6.07, 6.45) is 0.722. The molecule has 0 saturated carbocycles. The first-order chi connectivity index (χ1) is 8.58. The lowest BCUT2D eigenvalue weighted by Crippen LogP contribution is -2.41. The SMILES string of the molecule is CCNC(Cc1cc(F)ccc1Cl)C(C)OCC. The molecule has 0 aliphatic rings. The van der Waals surface area contributed by atoms with E-state index in [0.717, 1.165) is 12.1 Å². The molecule has 0 aromatic heterocycles. The molecule has 1 aromatic rings. The molecule has 4 heteroatoms. The number of halogens is 2. The second kappa shape index (κ2) is 7.72. The molecule has 1 N–H and O–H groups in total. The van der Waals surface area contributed by atoms with E-state index < -0.39 is 0 Å². The van der Waals surface area contributed by atoms with Gasteiger partial charge in [0.25, 0.3) is 0 Å². The van der Waals surface area contributed by atoms with Crippen molar-refractivity contribution in [3.8, 4) is 0 Å². The quantitative estimate of drug-likeness (QED) is 0.822. The van der Waals surface area contributed by atoms with Crippen molar-refractivity contribution in [3.63, 3.8) is 0 Å². The highest BCUT2D eigenvalue weighted by atomic mass is 35.5. The van der Waals surface area contributed by atoms with Crippen LogP contribution in [0.2, 0.25) is 5.02 Å². The molecular formula is C14H21ClFNO. The zero-order chi connectivity index (χ0) is 13.5. The summed E-state index contributed by atoms with van der Waals surface area (Å²) < 4.78 is 18.8. The molecule has 2 nitrogen and oxygen atoms in total. The van der Waals surface area contributed by atoms with E-state index in [1.165, 1.54) is 12.1 Å². The molecule has 0 spiro atoms. The third-order valence-electron chi connectivity index (χ3n) is 2.91. The van der Waals surface area contributed by atoms with Crippen LogP contribution in [0.3, 0.4) is 0 Å². The molecule has 0 bridgehead atoms. The first-order valence-electron chi connectivity index (χ1n) is 6.37. The molecule has 1 rings (SSSR count). The Hall–Kier alpha value is -0.640. The molecule has 102 valence electrons. The van der Waals surface area contributed by atoms with Crippen molar-refractivity contribution in [1.82, 2.24) is 5.32 Å². The van der Waals surface area contributed by atoms with Gasteiger partial charge in [-0.05, 0) is 50.6 Å². The minimum Gasteiger partial charge on any atom is -0.377 e. The first-order valence-corrected chi connectivity index (χ1v) is 6.75. The summed E-state index contributed by atoms with van der Waals surface area (Å²) in [5, 5.41) is 3.96. The number of likely N-dealkylation sites (N-methyl/N-ethyl adjacent to an activating group) is 1. The first kappa shape index (κ1) is 15.4. The molecule has 0 saturated heterocycles. The molecule has 1 aromatic carbocycles. The Bertz CT molecular complexity index is 373. The standard InChI is InChI=1S/C14H21ClFNO/c1-4-17-14(10(3)18-5-2)9-11-8-12(16)6-7-13(11)15/h6-8,10,14,17H,4-5,9H2,1-3H3. The Labute approximate surface area is 113 Å². The van der Waals surface area contributed by atoms with Crippen LogP contribution in [0.15, 0.2) is 18.2 Å². The van der Waals surface area contributed by atoms with Crippen LogP contribution in [-0.2, 0) is 11.2 Å². The van der Waals surface area contributed by atoms with E-state index in [1.54, 1.807) is 6.07 Å². The van der Waals surface area contributed by atoms with Crippen LogP contribution in [0, 0.1) is 5.82 Å². The van der Waals surface area contributed by atoms with Crippen molar-refractivity contribution < 1.29 is 9.13 Å². The average Bonchev–Trinajstić information content (AvgIpc) is 2.33. The Balaban J connectivity index is 2.78. The lowest BCUT2D eigenvalue weighted by atomic mass is 10.0. The van der Waals surface area contributed by atoms with Gasteiger partial charge in [-0.3, -0.25) is 0 Å². The van der Waals surface area contributed by atoms with E-state index in [1.807, 2.05) is 20.8 Å². The van der Waals surface area contributed by atoms with Crippen molar-refractivity contribution in [2.24, 2.45) is 0 Å². The van der Waals surface area contributed by atoms with Crippen LogP contribution in [-0.4, -0.2) is 25.3 Å². The number of ether oxygens (including phenoxy) is 1. The molecule has 0 aliphatic heterocycles. The third kappa shape index (κ3) is 4.56. The average molecular weight is 274 g/mol. The summed E-state index contributed by atoms with van der Waals surface area (Å²) in [6.45, 7) is 7.53. The number of hydrogen-bond donors (Lipinski definition) is 1. The van der Waals surface area contributed by atoms with Gasteiger partial charge < -0.3 is 10.1 Å². The largest absolute Gasteiger partial charge is 0.377 e. The van der Waals surface area contributed by atoms with E-state index in [4.69, 9.17) is 16.3 Å². The van der Waals surface area contributed by atoms with Gasteiger partial charge in [0, 0.05) is 17.7 Å². The van der Waals surface area contributed by atoms with Gasteiger partial charge in [0.05, 0.1) is 6.10 Å². The molecule has 0 heterocycles. The Morgan fingerprint density at radius 1 is 1.39 bits per heavy atom. The van der Waals surface area contributed by atoms with Crippen molar-refractivity contribution >= 4 is 11.6 Å². The van der Waals surface area contributed by atoms with Gasteiger partial charge in [0.15, 0.2) is 0 Å². The molecular weight excluding hydrogens is 253 g/mol. The van der Waals surface area contributed by atoms with Crippen LogP contribution in [0.25, 0.3) is 0 Å². The number of hydrogen-bond acceptors (Lipinski definition) is 2. The lowest BCUT2D eigenvalue weighted by Gasteiger charge is -2.25. The molecule has 2 unspecified atom stereocenters. The van der Waals surface area contributed by atoms with Gasteiger partial charge in [-0.15, -0.1) is 0 Å². The van der Waals surface area contributed by atoms with E-state index >= 15 is 0 Å². The molecule has 0 aliphatic carbocycles. The Kier molecular flexibility index (Phi) is 6.61. The topological polar surface area (TPSA) is 21.3 Å². The van der Waals surface area contributed by atoms with Crippen molar-refractivity contribution in [2.45, 2.75) is 39.3 Å². The highest BCUT2D eigenvalue weighted by Crippen LogP contribution is 2.20. The molecule has 0 fully saturated rings. The summed E-state index contributed by atoms with van der Waals surface area (Å²) in [7, 11) is 0. The van der Waals surface area contributed by atoms with Gasteiger partial charge in [-0.25, -0.2) is 4.39 Å². The fraction of sp³-hybridized carbons (Fsp3) is 0.571. The number of benzene rings is 1. The smallest absolute Gasteiger partial charge is 0.123 e. The number of rotatable bonds is 7. The number of nitrogens with one attached hydrogen (secondary N) is 1. The fourth-order valence-corrected chi connectivity index (χ4v) is 2.18. The predicted molar refractivity (Wildman–Crippen MR) is 73.7 cm³/mol. The van der Waals surface area contributed by atoms with Crippen molar-refractivity contribution in [3.05, 3.63) is 34.6 Å². The van der Waals surface area contributed by atoms with Crippen molar-refractivity contribution in [1.29, 1.82) is 0 Å². The van der Waals surface area contributed by atoms with Crippen LogP contribution >= 0.6 is 11.6 Å². The fourth-order valence-electron chi connectivity index (χ4n) is 1.98. The maximum Gasteiger partial charge on any atom is 0.123 e. The summed E-state index contributed by atoms with van der Waals surface area (Å²) in [6, 6.07) is 4.60. The van der Waals surface area contributed by atoms with Crippen molar-refractivity contribution in [2.75, 3.05) is 13.2 Å². The Morgan fingerprint density at radius 3 is 2.72 bits per heavy atom. The van der Waals surface area contributed by atoms with Crippen LogP contribution in [0.4, 0.5) is 4.39 Å². The van der Waals surface area contributed by atoms with E-state index in [-0.39, 0.29) is 18.0 Å². The second-order valence-electron chi connectivity index (χ2n) is 4.26. The van der Waals surface area contributed by atoms with Crippen LogP contribution in [0.1, 0.15) is 26.3 Å². The minimum atomic E-state index is -0.256. The van der Waals surface area contributed by atoms with Gasteiger partial charge in [0.2, 0.25) is 0 Å². The highest BCUT2D eigenvalue weighted by molar-refractivity contribution is 6.31. The molecule has 2 atom stereocenters. The van der Waals surface area contributed by atoms with Gasteiger partial charge in [0.1, 0.15) is 5.82 Å². The van der Waals surface area contributed by atoms with E-state index in [9.17, 15) is 4.39 Å². The Morgan fingerprint density at radius 2 is 2.11 bits per heavy atom. The maximum absolute atomic E-state index is 13.2. The zero-order valence-corrected chi connectivity index (χ0v) is 11.9. The lowest BCUT2D eigenvalue weighted by molar-refractivity contribution is 0.0480. The van der Waals surface area contributed by atoms with Crippen LogP contribution in [0.5, 0.6) is 0 Å². The van der Waals surface area contributed by atoms with E-state index in [2.05, 4.69) is 5.32 Å². The molecule has 18 heavy (non-hydrogen) atoms. The monoisotopic (exact) mass is 273 g/mol. The maximum atomic E-state index is 13.2. The zero-order valence-electron chi connectivity index (χ0n) is 11.2. The highest BCUT2D eigenvalue weighted by Gasteiger charge is 2.18. The summed E-state index contributed by atoms with van der Waals surface area (Å²) in [5.74, 6) is -0.256. The van der Waals surface area contributed by atoms with Gasteiger partial charge >= 0.3 is 0 Å².